The van der Waals surface area contributed by atoms with Crippen molar-refractivity contribution in [3.8, 4) is 12.3 Å². The van der Waals surface area contributed by atoms with Gasteiger partial charge < -0.3 is 14.8 Å². The van der Waals surface area contributed by atoms with E-state index in [-0.39, 0.29) is 0 Å². The molecule has 0 radical (unpaired) electrons. The fourth-order valence-electron chi connectivity index (χ4n) is 1.39. The number of nitrogens with one attached hydrogen (secondary N) is 1. The van der Waals surface area contributed by atoms with Crippen LogP contribution in [0.2, 0.25) is 0 Å². The summed E-state index contributed by atoms with van der Waals surface area (Å²) in [5.74, 6) is 3.56. The van der Waals surface area contributed by atoms with Crippen molar-refractivity contribution < 1.29 is 0 Å². The van der Waals surface area contributed by atoms with Gasteiger partial charge in [0.25, 0.3) is 0 Å². The number of aromatic nitrogens is 2. The summed E-state index contributed by atoms with van der Waals surface area (Å²) in [6.07, 6.45) is 7.82. The Bertz CT molecular complexity index is 346. The highest BCUT2D eigenvalue weighted by atomic mass is 15.3. The maximum Gasteiger partial charge on any atom is 0.204 e. The minimum absolute atomic E-state index is 0.762. The zero-order valence-corrected chi connectivity index (χ0v) is 9.62. The van der Waals surface area contributed by atoms with Crippen LogP contribution in [0.1, 0.15) is 12.1 Å². The van der Waals surface area contributed by atoms with E-state index >= 15 is 0 Å². The Labute approximate surface area is 91.3 Å². The van der Waals surface area contributed by atoms with E-state index in [0.29, 0.717) is 0 Å². The molecule has 82 valence electrons. The van der Waals surface area contributed by atoms with Gasteiger partial charge in [-0.25, -0.2) is 4.98 Å². The van der Waals surface area contributed by atoms with Gasteiger partial charge in [-0.2, -0.15) is 0 Å². The zero-order valence-electron chi connectivity index (χ0n) is 9.62. The second kappa shape index (κ2) is 5.42. The normalized spacial score (nSPS) is 10.0. The van der Waals surface area contributed by atoms with Crippen LogP contribution in [0.5, 0.6) is 0 Å². The first-order valence-electron chi connectivity index (χ1n) is 4.99. The lowest BCUT2D eigenvalue weighted by Crippen LogP contribution is -2.18. The molecule has 0 aliphatic rings. The van der Waals surface area contributed by atoms with E-state index in [0.717, 1.165) is 31.2 Å². The zero-order chi connectivity index (χ0) is 11.3. The predicted molar refractivity (Wildman–Crippen MR) is 62.7 cm³/mol. The Morgan fingerprint density at radius 3 is 2.87 bits per heavy atom. The molecular formula is C11H18N4. The third-order valence-corrected chi connectivity index (χ3v) is 2.21. The average molecular weight is 206 g/mol. The minimum Gasteiger partial charge on any atom is -0.348 e. The smallest absolute Gasteiger partial charge is 0.204 e. The first-order chi connectivity index (χ1) is 7.16. The summed E-state index contributed by atoms with van der Waals surface area (Å²) in [6.45, 7) is 1.65. The van der Waals surface area contributed by atoms with Crippen molar-refractivity contribution in [1.29, 1.82) is 0 Å². The van der Waals surface area contributed by atoms with Crippen molar-refractivity contribution in [3.63, 3.8) is 0 Å². The molecule has 0 unspecified atom stereocenters. The van der Waals surface area contributed by atoms with Gasteiger partial charge in [-0.1, -0.05) is 0 Å². The van der Waals surface area contributed by atoms with E-state index in [9.17, 15) is 0 Å². The maximum absolute atomic E-state index is 5.17. The molecule has 0 spiro atoms. The highest BCUT2D eigenvalue weighted by molar-refractivity contribution is 5.30. The van der Waals surface area contributed by atoms with Crippen LogP contribution in [-0.4, -0.2) is 30.2 Å². The first kappa shape index (κ1) is 11.6. The molecule has 0 aliphatic carbocycles. The summed E-state index contributed by atoms with van der Waals surface area (Å²) in [5, 5.41) is 3.27. The van der Waals surface area contributed by atoms with Crippen LogP contribution >= 0.6 is 0 Å². The lowest BCUT2D eigenvalue weighted by atomic mass is 10.4. The number of hydrogen-bond donors (Lipinski definition) is 1. The maximum atomic E-state index is 5.17. The second-order valence-electron chi connectivity index (χ2n) is 3.63. The summed E-state index contributed by atoms with van der Waals surface area (Å²) < 4.78 is 2.07. The van der Waals surface area contributed by atoms with Gasteiger partial charge >= 0.3 is 0 Å². The van der Waals surface area contributed by atoms with Crippen molar-refractivity contribution in [2.24, 2.45) is 7.05 Å². The molecule has 15 heavy (non-hydrogen) atoms. The highest BCUT2D eigenvalue weighted by Gasteiger charge is 2.06. The summed E-state index contributed by atoms with van der Waals surface area (Å²) in [6, 6.07) is 0. The van der Waals surface area contributed by atoms with E-state index in [1.807, 2.05) is 32.2 Å². The SMILES string of the molecule is C#CCCNCc1cnc(N(C)C)n1C. The molecule has 4 nitrogen and oxygen atoms in total. The van der Waals surface area contributed by atoms with E-state index in [1.54, 1.807) is 0 Å². The monoisotopic (exact) mass is 206 g/mol. The lowest BCUT2D eigenvalue weighted by Gasteiger charge is -2.12. The van der Waals surface area contributed by atoms with E-state index in [2.05, 4.69) is 20.8 Å². The van der Waals surface area contributed by atoms with Gasteiger partial charge in [0.2, 0.25) is 5.95 Å². The molecule has 1 rings (SSSR count). The fourth-order valence-corrected chi connectivity index (χ4v) is 1.39. The largest absolute Gasteiger partial charge is 0.348 e. The Hall–Kier alpha value is -1.47. The van der Waals surface area contributed by atoms with Crippen LogP contribution in [0.15, 0.2) is 6.20 Å². The van der Waals surface area contributed by atoms with Gasteiger partial charge in [-0.3, -0.25) is 0 Å². The number of nitrogens with zero attached hydrogens (tertiary/aromatic N) is 3. The van der Waals surface area contributed by atoms with Crippen LogP contribution in [0.4, 0.5) is 5.95 Å². The molecule has 0 aromatic carbocycles. The number of anilines is 1. The number of terminal acetylenes is 1. The molecule has 0 bridgehead atoms. The van der Waals surface area contributed by atoms with Gasteiger partial charge in [0.15, 0.2) is 0 Å². The Morgan fingerprint density at radius 2 is 2.33 bits per heavy atom. The molecule has 0 fully saturated rings. The molecule has 0 atom stereocenters. The van der Waals surface area contributed by atoms with Crippen LogP contribution < -0.4 is 10.2 Å². The summed E-state index contributed by atoms with van der Waals surface area (Å²) in [5.41, 5.74) is 1.16. The molecule has 0 amide bonds. The molecule has 1 N–H and O–H groups in total. The van der Waals surface area contributed by atoms with Crippen molar-refractivity contribution in [3.05, 3.63) is 11.9 Å². The lowest BCUT2D eigenvalue weighted by molar-refractivity contribution is 0.661. The second-order valence-corrected chi connectivity index (χ2v) is 3.63. The topological polar surface area (TPSA) is 33.1 Å². The summed E-state index contributed by atoms with van der Waals surface area (Å²) >= 11 is 0. The molecule has 0 saturated heterocycles. The number of hydrogen-bond acceptors (Lipinski definition) is 3. The van der Waals surface area contributed by atoms with Gasteiger partial charge in [-0.15, -0.1) is 12.3 Å². The molecule has 1 aromatic rings. The highest BCUT2D eigenvalue weighted by Crippen LogP contribution is 2.10. The van der Waals surface area contributed by atoms with Crippen molar-refractivity contribution in [2.75, 3.05) is 25.5 Å². The number of rotatable bonds is 5. The minimum atomic E-state index is 0.762. The Kier molecular flexibility index (Phi) is 4.19. The van der Waals surface area contributed by atoms with Crippen molar-refractivity contribution in [2.45, 2.75) is 13.0 Å². The molecular weight excluding hydrogens is 188 g/mol. The van der Waals surface area contributed by atoms with Gasteiger partial charge in [0.05, 0.1) is 11.9 Å². The van der Waals surface area contributed by atoms with E-state index in [4.69, 9.17) is 6.42 Å². The quantitative estimate of drug-likeness (QED) is 0.565. The van der Waals surface area contributed by atoms with Crippen LogP contribution in [0.25, 0.3) is 0 Å². The van der Waals surface area contributed by atoms with Gasteiger partial charge in [0, 0.05) is 40.7 Å². The predicted octanol–water partition coefficient (Wildman–Crippen LogP) is 0.599. The third-order valence-electron chi connectivity index (χ3n) is 2.21. The molecule has 1 aromatic heterocycles. The van der Waals surface area contributed by atoms with Crippen LogP contribution in [0, 0.1) is 12.3 Å². The number of imidazole rings is 1. The van der Waals surface area contributed by atoms with Crippen molar-refractivity contribution in [1.82, 2.24) is 14.9 Å². The third kappa shape index (κ3) is 3.00. The van der Waals surface area contributed by atoms with Gasteiger partial charge in [-0.05, 0) is 0 Å². The summed E-state index contributed by atoms with van der Waals surface area (Å²) in [4.78, 5) is 6.31. The summed E-state index contributed by atoms with van der Waals surface area (Å²) in [7, 11) is 5.98. The fraction of sp³-hybridized carbons (Fsp3) is 0.545. The Morgan fingerprint density at radius 1 is 1.60 bits per heavy atom. The van der Waals surface area contributed by atoms with Crippen LogP contribution in [-0.2, 0) is 13.6 Å². The first-order valence-corrected chi connectivity index (χ1v) is 4.99. The van der Waals surface area contributed by atoms with Gasteiger partial charge in [0.1, 0.15) is 0 Å². The van der Waals surface area contributed by atoms with Crippen molar-refractivity contribution >= 4 is 5.95 Å². The molecule has 0 aliphatic heterocycles. The standard InChI is InChI=1S/C11H18N4/c1-5-6-7-12-8-10-9-13-11(14(2)3)15(10)4/h1,9,12H,6-8H2,2-4H3. The average Bonchev–Trinajstić information content (AvgIpc) is 2.55. The molecule has 1 heterocycles. The van der Waals surface area contributed by atoms with E-state index in [1.165, 1.54) is 0 Å². The molecule has 4 heteroatoms. The Balaban J connectivity index is 2.52. The molecule has 0 saturated carbocycles. The van der Waals surface area contributed by atoms with E-state index < -0.39 is 0 Å². The van der Waals surface area contributed by atoms with Crippen LogP contribution in [0.3, 0.4) is 0 Å².